The van der Waals surface area contributed by atoms with Crippen LogP contribution in [0.3, 0.4) is 0 Å². The van der Waals surface area contributed by atoms with Crippen molar-refractivity contribution in [2.45, 2.75) is 39.7 Å². The lowest BCUT2D eigenvalue weighted by Crippen LogP contribution is -2.49. The summed E-state index contributed by atoms with van der Waals surface area (Å²) in [5, 5.41) is 3.03. The van der Waals surface area contributed by atoms with Crippen molar-refractivity contribution in [2.24, 2.45) is 17.1 Å². The number of nitrogens with one attached hydrogen (secondary N) is 1. The first-order valence-corrected chi connectivity index (χ1v) is 4.94. The van der Waals surface area contributed by atoms with E-state index in [4.69, 9.17) is 5.73 Å². The van der Waals surface area contributed by atoms with Gasteiger partial charge >= 0.3 is 0 Å². The molecule has 3 nitrogen and oxygen atoms in total. The van der Waals surface area contributed by atoms with Gasteiger partial charge in [0.25, 0.3) is 0 Å². The first-order chi connectivity index (χ1) is 5.93. The molecule has 1 fully saturated rings. The molecule has 0 aromatic rings. The van der Waals surface area contributed by atoms with Gasteiger partial charge in [-0.05, 0) is 25.3 Å². The van der Waals surface area contributed by atoms with Crippen LogP contribution >= 0.6 is 0 Å². The van der Waals surface area contributed by atoms with Crippen LogP contribution in [-0.2, 0) is 4.79 Å². The smallest absolute Gasteiger partial charge is 0.225 e. The molecule has 0 aromatic carbocycles. The van der Waals surface area contributed by atoms with Crippen LogP contribution in [0, 0.1) is 11.3 Å². The van der Waals surface area contributed by atoms with Gasteiger partial charge in [0.2, 0.25) is 5.91 Å². The fourth-order valence-corrected chi connectivity index (χ4v) is 1.45. The van der Waals surface area contributed by atoms with Gasteiger partial charge in [0.1, 0.15) is 0 Å². The molecule has 0 aliphatic heterocycles. The average Bonchev–Trinajstić information content (AvgIpc) is 1.93. The summed E-state index contributed by atoms with van der Waals surface area (Å²) in [4.78, 5) is 11.5. The van der Waals surface area contributed by atoms with Crippen molar-refractivity contribution >= 4 is 5.91 Å². The zero-order valence-corrected chi connectivity index (χ0v) is 8.76. The van der Waals surface area contributed by atoms with E-state index in [-0.39, 0.29) is 11.3 Å². The Morgan fingerprint density at radius 3 is 2.38 bits per heavy atom. The van der Waals surface area contributed by atoms with E-state index in [1.165, 1.54) is 0 Å². The lowest BCUT2D eigenvalue weighted by molar-refractivity contribution is -0.130. The van der Waals surface area contributed by atoms with Crippen molar-refractivity contribution in [1.82, 2.24) is 5.32 Å². The minimum absolute atomic E-state index is 0.146. The van der Waals surface area contributed by atoms with Crippen LogP contribution in [-0.4, -0.2) is 18.5 Å². The first-order valence-electron chi connectivity index (χ1n) is 4.94. The first kappa shape index (κ1) is 10.5. The Labute approximate surface area is 80.1 Å². The Morgan fingerprint density at radius 2 is 2.00 bits per heavy atom. The van der Waals surface area contributed by atoms with Crippen LogP contribution in [0.5, 0.6) is 0 Å². The van der Waals surface area contributed by atoms with Crippen LogP contribution in [0.1, 0.15) is 33.6 Å². The van der Waals surface area contributed by atoms with Gasteiger partial charge in [-0.25, -0.2) is 0 Å². The van der Waals surface area contributed by atoms with E-state index in [2.05, 4.69) is 5.32 Å². The standard InChI is InChI=1S/C10H20N2O/c1-10(2,3)9(13)12-8-4-7(5-8)6-11/h7-8H,4-6,11H2,1-3H3,(H,12,13). The Morgan fingerprint density at radius 1 is 1.46 bits per heavy atom. The number of amides is 1. The quantitative estimate of drug-likeness (QED) is 0.669. The molecule has 0 radical (unpaired) electrons. The van der Waals surface area contributed by atoms with Crippen molar-refractivity contribution in [1.29, 1.82) is 0 Å². The molecular formula is C10H20N2O. The summed E-state index contributed by atoms with van der Waals surface area (Å²) in [7, 11) is 0. The topological polar surface area (TPSA) is 55.1 Å². The Kier molecular flexibility index (Phi) is 2.96. The maximum Gasteiger partial charge on any atom is 0.225 e. The summed E-state index contributed by atoms with van der Waals surface area (Å²) in [5.74, 6) is 0.776. The minimum atomic E-state index is -0.270. The molecular weight excluding hydrogens is 164 g/mol. The summed E-state index contributed by atoms with van der Waals surface area (Å²) in [5.41, 5.74) is 5.23. The highest BCUT2D eigenvalue weighted by Gasteiger charge is 2.31. The van der Waals surface area contributed by atoms with Crippen molar-refractivity contribution in [3.8, 4) is 0 Å². The molecule has 3 N–H and O–H groups in total. The van der Waals surface area contributed by atoms with Gasteiger partial charge in [-0.15, -0.1) is 0 Å². The van der Waals surface area contributed by atoms with Crippen molar-refractivity contribution in [3.05, 3.63) is 0 Å². The molecule has 0 aromatic heterocycles. The van der Waals surface area contributed by atoms with Gasteiger partial charge in [-0.1, -0.05) is 20.8 Å². The highest BCUT2D eigenvalue weighted by Crippen LogP contribution is 2.27. The van der Waals surface area contributed by atoms with Crippen molar-refractivity contribution in [3.63, 3.8) is 0 Å². The summed E-state index contributed by atoms with van der Waals surface area (Å²) in [6.07, 6.45) is 2.11. The maximum absolute atomic E-state index is 11.5. The molecule has 3 heteroatoms. The Bertz CT molecular complexity index is 190. The third-order valence-corrected chi connectivity index (χ3v) is 2.59. The molecule has 0 unspecified atom stereocenters. The predicted octanol–water partition coefficient (Wildman–Crippen LogP) is 0.886. The molecule has 1 amide bonds. The van der Waals surface area contributed by atoms with E-state index in [0.717, 1.165) is 19.4 Å². The molecule has 1 aliphatic rings. The van der Waals surface area contributed by atoms with Gasteiger partial charge in [0.05, 0.1) is 0 Å². The Balaban J connectivity index is 2.25. The second-order valence-electron chi connectivity index (χ2n) is 4.99. The summed E-state index contributed by atoms with van der Waals surface area (Å²) < 4.78 is 0. The second-order valence-corrected chi connectivity index (χ2v) is 4.99. The van der Waals surface area contributed by atoms with E-state index in [0.29, 0.717) is 12.0 Å². The molecule has 0 bridgehead atoms. The number of rotatable bonds is 2. The van der Waals surface area contributed by atoms with Crippen LogP contribution < -0.4 is 11.1 Å². The van der Waals surface area contributed by atoms with Gasteiger partial charge in [-0.3, -0.25) is 4.79 Å². The highest BCUT2D eigenvalue weighted by atomic mass is 16.2. The maximum atomic E-state index is 11.5. The van der Waals surface area contributed by atoms with Gasteiger partial charge in [-0.2, -0.15) is 0 Å². The van der Waals surface area contributed by atoms with Crippen LogP contribution in [0.4, 0.5) is 0 Å². The Hall–Kier alpha value is -0.570. The third-order valence-electron chi connectivity index (χ3n) is 2.59. The lowest BCUT2D eigenvalue weighted by atomic mass is 9.79. The molecule has 0 heterocycles. The average molecular weight is 184 g/mol. The number of hydrogen-bond acceptors (Lipinski definition) is 2. The molecule has 13 heavy (non-hydrogen) atoms. The second kappa shape index (κ2) is 3.66. The lowest BCUT2D eigenvalue weighted by Gasteiger charge is -2.36. The molecule has 1 aliphatic carbocycles. The van der Waals surface area contributed by atoms with E-state index < -0.39 is 0 Å². The highest BCUT2D eigenvalue weighted by molar-refractivity contribution is 5.81. The van der Waals surface area contributed by atoms with Gasteiger partial charge in [0.15, 0.2) is 0 Å². The fraction of sp³-hybridized carbons (Fsp3) is 0.900. The largest absolute Gasteiger partial charge is 0.353 e. The van der Waals surface area contributed by atoms with Gasteiger partial charge in [0, 0.05) is 11.5 Å². The van der Waals surface area contributed by atoms with E-state index in [9.17, 15) is 4.79 Å². The minimum Gasteiger partial charge on any atom is -0.353 e. The van der Waals surface area contributed by atoms with Gasteiger partial charge < -0.3 is 11.1 Å². The normalized spacial score (nSPS) is 28.0. The molecule has 0 saturated heterocycles. The molecule has 1 rings (SSSR count). The molecule has 76 valence electrons. The van der Waals surface area contributed by atoms with Crippen molar-refractivity contribution in [2.75, 3.05) is 6.54 Å². The fourth-order valence-electron chi connectivity index (χ4n) is 1.45. The van der Waals surface area contributed by atoms with Crippen molar-refractivity contribution < 1.29 is 4.79 Å². The summed E-state index contributed by atoms with van der Waals surface area (Å²) in [6, 6.07) is 0.375. The summed E-state index contributed by atoms with van der Waals surface area (Å²) in [6.45, 7) is 6.55. The van der Waals surface area contributed by atoms with Crippen LogP contribution in [0.2, 0.25) is 0 Å². The zero-order valence-electron chi connectivity index (χ0n) is 8.76. The summed E-state index contributed by atoms with van der Waals surface area (Å²) >= 11 is 0. The molecule has 1 saturated carbocycles. The van der Waals surface area contributed by atoms with E-state index in [1.54, 1.807) is 0 Å². The number of hydrogen-bond donors (Lipinski definition) is 2. The number of carbonyl (C=O) groups excluding carboxylic acids is 1. The van der Waals surface area contributed by atoms with Crippen LogP contribution in [0.25, 0.3) is 0 Å². The third kappa shape index (κ3) is 2.69. The van der Waals surface area contributed by atoms with E-state index in [1.807, 2.05) is 20.8 Å². The van der Waals surface area contributed by atoms with Crippen LogP contribution in [0.15, 0.2) is 0 Å². The molecule has 0 atom stereocenters. The number of carbonyl (C=O) groups is 1. The zero-order chi connectivity index (χ0) is 10.1. The number of nitrogens with two attached hydrogens (primary N) is 1. The molecule has 0 spiro atoms. The monoisotopic (exact) mass is 184 g/mol. The predicted molar refractivity (Wildman–Crippen MR) is 53.2 cm³/mol. The SMILES string of the molecule is CC(C)(C)C(=O)NC1CC(CN)C1. The van der Waals surface area contributed by atoms with E-state index >= 15 is 0 Å².